The Balaban J connectivity index is 2.10. The lowest BCUT2D eigenvalue weighted by Crippen LogP contribution is -2.50. The number of ether oxygens (including phenoxy) is 2. The molecule has 0 aliphatic carbocycles. The van der Waals surface area contributed by atoms with Crippen molar-refractivity contribution in [1.82, 2.24) is 4.90 Å². The minimum Gasteiger partial charge on any atom is -0.444 e. The van der Waals surface area contributed by atoms with Gasteiger partial charge in [-0.15, -0.1) is 0 Å². The minimum atomic E-state index is -0.942. The van der Waals surface area contributed by atoms with Crippen molar-refractivity contribution in [3.05, 3.63) is 35.9 Å². The second-order valence-electron chi connectivity index (χ2n) is 5.43. The third kappa shape index (κ3) is 3.36. The third-order valence-electron chi connectivity index (χ3n) is 3.41. The van der Waals surface area contributed by atoms with Crippen LogP contribution in [0.15, 0.2) is 30.3 Å². The number of carbonyl (C=O) groups excluding carboxylic acids is 2. The summed E-state index contributed by atoms with van der Waals surface area (Å²) in [6.45, 7) is 5.24. The van der Waals surface area contributed by atoms with Gasteiger partial charge in [0, 0.05) is 0 Å². The van der Waals surface area contributed by atoms with Gasteiger partial charge in [-0.25, -0.2) is 4.79 Å². The lowest BCUT2D eigenvalue weighted by atomic mass is 10.2. The normalized spacial score (nSPS) is 23.9. The maximum Gasteiger partial charge on any atom is 0.413 e. The molecule has 2 atom stereocenters. The van der Waals surface area contributed by atoms with Gasteiger partial charge in [-0.1, -0.05) is 30.3 Å². The first-order valence-electron chi connectivity index (χ1n) is 6.70. The molecule has 1 aliphatic rings. The molecule has 1 aliphatic heterocycles. The summed E-state index contributed by atoms with van der Waals surface area (Å²) in [5, 5.41) is -0.635. The molecule has 0 N–H and O–H groups in total. The van der Waals surface area contributed by atoms with Gasteiger partial charge in [-0.2, -0.15) is 0 Å². The number of rotatable bonds is 3. The van der Waals surface area contributed by atoms with Crippen molar-refractivity contribution in [1.29, 1.82) is 0 Å². The number of carbonyl (C=O) groups is 2. The monoisotopic (exact) mass is 311 g/mol. The van der Waals surface area contributed by atoms with E-state index < -0.39 is 29.2 Å². The molecule has 0 aromatic heterocycles. The summed E-state index contributed by atoms with van der Waals surface area (Å²) in [5.74, 6) is 0. The summed E-state index contributed by atoms with van der Waals surface area (Å²) in [6, 6.07) is 8.47. The number of halogens is 1. The molecule has 0 bridgehead atoms. The van der Waals surface area contributed by atoms with Gasteiger partial charge in [-0.3, -0.25) is 9.69 Å². The molecular weight excluding hydrogens is 294 g/mol. The molecule has 1 fully saturated rings. The molecule has 0 radical (unpaired) electrons. The van der Waals surface area contributed by atoms with Gasteiger partial charge in [0.2, 0.25) is 5.24 Å². The fourth-order valence-corrected chi connectivity index (χ4v) is 2.80. The molecule has 1 saturated heterocycles. The van der Waals surface area contributed by atoms with E-state index in [-0.39, 0.29) is 6.61 Å². The van der Waals surface area contributed by atoms with Crippen molar-refractivity contribution >= 4 is 22.9 Å². The van der Waals surface area contributed by atoms with Crippen LogP contribution in [0, 0.1) is 0 Å². The second-order valence-corrected chi connectivity index (χ2v) is 5.80. The topological polar surface area (TPSA) is 55.8 Å². The molecule has 114 valence electrons. The summed E-state index contributed by atoms with van der Waals surface area (Å²) < 4.78 is 10.9. The molecule has 0 saturated carbocycles. The number of nitrogens with zero attached hydrogens (tertiary/aromatic N) is 1. The first-order chi connectivity index (χ1) is 9.83. The van der Waals surface area contributed by atoms with Crippen molar-refractivity contribution in [2.45, 2.75) is 45.2 Å². The Labute approximate surface area is 128 Å². The van der Waals surface area contributed by atoms with Gasteiger partial charge in [0.1, 0.15) is 18.4 Å². The maximum absolute atomic E-state index is 12.3. The predicted octanol–water partition coefficient (Wildman–Crippen LogP) is 2.91. The van der Waals surface area contributed by atoms with Crippen LogP contribution in [-0.2, 0) is 20.9 Å². The number of amides is 1. The average molecular weight is 312 g/mol. The van der Waals surface area contributed by atoms with Crippen LogP contribution in [0.5, 0.6) is 0 Å². The third-order valence-corrected chi connectivity index (χ3v) is 3.64. The van der Waals surface area contributed by atoms with Crippen molar-refractivity contribution in [2.24, 2.45) is 0 Å². The molecule has 2 rings (SSSR count). The minimum absolute atomic E-state index is 0.129. The highest BCUT2D eigenvalue weighted by molar-refractivity contribution is 6.65. The van der Waals surface area contributed by atoms with E-state index in [1.807, 2.05) is 30.3 Å². The Morgan fingerprint density at radius 1 is 1.33 bits per heavy atom. The van der Waals surface area contributed by atoms with Crippen LogP contribution < -0.4 is 0 Å². The number of benzene rings is 1. The van der Waals surface area contributed by atoms with Crippen LogP contribution in [0.1, 0.15) is 26.3 Å². The highest BCUT2D eigenvalue weighted by Gasteiger charge is 2.51. The fraction of sp³-hybridized carbons (Fsp3) is 0.467. The summed E-state index contributed by atoms with van der Waals surface area (Å²) in [7, 11) is 0. The largest absolute Gasteiger partial charge is 0.444 e. The van der Waals surface area contributed by atoms with Crippen LogP contribution in [0.4, 0.5) is 4.79 Å². The molecule has 0 spiro atoms. The summed E-state index contributed by atoms with van der Waals surface area (Å²) in [4.78, 5) is 25.1. The zero-order valence-electron chi connectivity index (χ0n) is 12.2. The molecular formula is C15H18ClNO4. The van der Waals surface area contributed by atoms with E-state index in [0.29, 0.717) is 0 Å². The molecule has 2 unspecified atom stereocenters. The molecule has 1 amide bonds. The van der Waals surface area contributed by atoms with Gasteiger partial charge in [-0.05, 0) is 37.9 Å². The van der Waals surface area contributed by atoms with E-state index >= 15 is 0 Å². The Kier molecular flexibility index (Phi) is 4.54. The smallest absolute Gasteiger partial charge is 0.413 e. The van der Waals surface area contributed by atoms with Crippen LogP contribution >= 0.6 is 11.6 Å². The van der Waals surface area contributed by atoms with Crippen LogP contribution in [0.25, 0.3) is 0 Å². The number of hydrogen-bond acceptors (Lipinski definition) is 4. The standard InChI is InChI=1S/C15H18ClNO4/c1-10-12(13(16)18)17(15(2,3)21-10)14(19)20-9-11-7-5-4-6-8-11/h4-8,10,12H,9H2,1-3H3. The van der Waals surface area contributed by atoms with Crippen LogP contribution in [0.2, 0.25) is 0 Å². The quantitative estimate of drug-likeness (QED) is 0.805. The van der Waals surface area contributed by atoms with Gasteiger partial charge >= 0.3 is 6.09 Å². The first kappa shape index (κ1) is 15.8. The molecule has 6 heteroatoms. The van der Waals surface area contributed by atoms with E-state index in [2.05, 4.69) is 0 Å². The van der Waals surface area contributed by atoms with E-state index in [9.17, 15) is 9.59 Å². The maximum atomic E-state index is 12.3. The summed E-state index contributed by atoms with van der Waals surface area (Å²) in [5.41, 5.74) is -0.0758. The molecule has 5 nitrogen and oxygen atoms in total. The Hall–Kier alpha value is -1.59. The van der Waals surface area contributed by atoms with E-state index in [1.54, 1.807) is 20.8 Å². The van der Waals surface area contributed by atoms with Crippen LogP contribution in [-0.4, -0.2) is 34.1 Å². The van der Waals surface area contributed by atoms with Gasteiger partial charge in [0.25, 0.3) is 0 Å². The van der Waals surface area contributed by atoms with Crippen molar-refractivity contribution in [3.63, 3.8) is 0 Å². The van der Waals surface area contributed by atoms with Crippen LogP contribution in [0.3, 0.4) is 0 Å². The second kappa shape index (κ2) is 6.03. The lowest BCUT2D eigenvalue weighted by molar-refractivity contribution is -0.116. The van der Waals surface area contributed by atoms with Gasteiger partial charge < -0.3 is 9.47 Å². The fourth-order valence-electron chi connectivity index (χ4n) is 2.53. The predicted molar refractivity (Wildman–Crippen MR) is 77.7 cm³/mol. The highest BCUT2D eigenvalue weighted by Crippen LogP contribution is 2.33. The van der Waals surface area contributed by atoms with Crippen molar-refractivity contribution in [3.8, 4) is 0 Å². The summed E-state index contributed by atoms with van der Waals surface area (Å²) in [6.07, 6.45) is -1.10. The van der Waals surface area contributed by atoms with Crippen molar-refractivity contribution < 1.29 is 19.1 Å². The Morgan fingerprint density at radius 2 is 1.95 bits per heavy atom. The highest BCUT2D eigenvalue weighted by atomic mass is 35.5. The lowest BCUT2D eigenvalue weighted by Gasteiger charge is -2.31. The molecule has 1 heterocycles. The summed E-state index contributed by atoms with van der Waals surface area (Å²) >= 11 is 5.59. The van der Waals surface area contributed by atoms with Gasteiger partial charge in [0.05, 0.1) is 6.10 Å². The first-order valence-corrected chi connectivity index (χ1v) is 7.08. The van der Waals surface area contributed by atoms with Crippen molar-refractivity contribution in [2.75, 3.05) is 0 Å². The van der Waals surface area contributed by atoms with E-state index in [0.717, 1.165) is 5.56 Å². The zero-order valence-corrected chi connectivity index (χ0v) is 13.0. The average Bonchev–Trinajstić information content (AvgIpc) is 2.66. The van der Waals surface area contributed by atoms with E-state index in [1.165, 1.54) is 4.90 Å². The molecule has 1 aromatic carbocycles. The Morgan fingerprint density at radius 3 is 2.52 bits per heavy atom. The SMILES string of the molecule is CC1OC(C)(C)N(C(=O)OCc2ccccc2)C1C(=O)Cl. The molecule has 21 heavy (non-hydrogen) atoms. The number of hydrogen-bond donors (Lipinski definition) is 0. The van der Waals surface area contributed by atoms with E-state index in [4.69, 9.17) is 21.1 Å². The molecule has 1 aromatic rings. The Bertz CT molecular complexity index is 532. The van der Waals surface area contributed by atoms with Gasteiger partial charge in [0.15, 0.2) is 0 Å². The zero-order chi connectivity index (χ0) is 15.6.